The van der Waals surface area contributed by atoms with Crippen molar-refractivity contribution < 1.29 is 8.83 Å². The van der Waals surface area contributed by atoms with E-state index in [0.717, 1.165) is 105 Å². The van der Waals surface area contributed by atoms with Crippen LogP contribution in [0, 0.1) is 6.92 Å². The van der Waals surface area contributed by atoms with Gasteiger partial charge in [0.2, 0.25) is 0 Å². The van der Waals surface area contributed by atoms with Gasteiger partial charge in [0.1, 0.15) is 22.3 Å². The van der Waals surface area contributed by atoms with E-state index in [1.54, 1.807) is 0 Å². The highest BCUT2D eigenvalue weighted by Crippen LogP contribution is 2.53. The van der Waals surface area contributed by atoms with E-state index >= 15 is 0 Å². The molecule has 13 aromatic rings. The number of anilines is 6. The van der Waals surface area contributed by atoms with Crippen molar-refractivity contribution >= 4 is 99.5 Å². The Morgan fingerprint density at radius 1 is 0.329 bits per heavy atom. The molecule has 0 unspecified atom stereocenters. The molecular weight excluding hydrogens is 961 g/mol. The lowest BCUT2D eigenvalue weighted by molar-refractivity contribution is 0.656. The van der Waals surface area contributed by atoms with Crippen molar-refractivity contribution in [2.24, 2.45) is 0 Å². The number of hydrogen-bond acceptors (Lipinski definition) is 4. The minimum absolute atomic E-state index is 0.0662. The summed E-state index contributed by atoms with van der Waals surface area (Å²) in [6.45, 7) is 20.6. The largest absolute Gasteiger partial charge is 0.456 e. The van der Waals surface area contributed by atoms with Crippen LogP contribution < -0.4 is 9.80 Å². The molecule has 4 heteroatoms. The molecule has 2 aliphatic carbocycles. The summed E-state index contributed by atoms with van der Waals surface area (Å²) in [5.41, 5.74) is 24.5. The zero-order valence-corrected chi connectivity index (χ0v) is 46.4. The topological polar surface area (TPSA) is 32.8 Å². The van der Waals surface area contributed by atoms with Crippen LogP contribution in [-0.4, -0.2) is 0 Å². The molecule has 2 aliphatic rings. The number of hydrogen-bond donors (Lipinski definition) is 0. The minimum Gasteiger partial charge on any atom is -0.456 e. The highest BCUT2D eigenvalue weighted by molar-refractivity contribution is 6.21. The molecule has 0 radical (unpaired) electrons. The summed E-state index contributed by atoms with van der Waals surface area (Å²) in [4.78, 5) is 4.81. The van der Waals surface area contributed by atoms with Gasteiger partial charge in [0, 0.05) is 72.6 Å². The van der Waals surface area contributed by atoms with Crippen LogP contribution in [0.2, 0.25) is 0 Å². The van der Waals surface area contributed by atoms with E-state index in [0.29, 0.717) is 11.8 Å². The van der Waals surface area contributed by atoms with Crippen molar-refractivity contribution in [1.82, 2.24) is 0 Å². The second-order valence-electron chi connectivity index (χ2n) is 24.2. The molecule has 0 spiro atoms. The molecule has 0 saturated heterocycles. The quantitative estimate of drug-likeness (QED) is 0.152. The van der Waals surface area contributed by atoms with Crippen molar-refractivity contribution in [2.75, 3.05) is 9.80 Å². The van der Waals surface area contributed by atoms with Crippen LogP contribution in [-0.2, 0) is 10.8 Å². The van der Waals surface area contributed by atoms with Crippen LogP contribution in [0.1, 0.15) is 106 Å². The third-order valence-corrected chi connectivity index (χ3v) is 18.1. The molecule has 0 amide bonds. The fraction of sp³-hybridized carbons (Fsp3) is 0.173. The van der Waals surface area contributed by atoms with Crippen molar-refractivity contribution in [3.8, 4) is 22.3 Å². The maximum atomic E-state index is 6.86. The first-order chi connectivity index (χ1) is 38.2. The summed E-state index contributed by atoms with van der Waals surface area (Å²) in [6.07, 6.45) is 0. The lowest BCUT2D eigenvalue weighted by Gasteiger charge is -2.27. The van der Waals surface area contributed by atoms with Crippen LogP contribution in [0.4, 0.5) is 34.1 Å². The van der Waals surface area contributed by atoms with E-state index in [-0.39, 0.29) is 10.8 Å². The van der Waals surface area contributed by atoms with Gasteiger partial charge in [-0.05, 0) is 199 Å². The standard InChI is InChI=1S/C75H62N2O2/c1-43(2)46-18-24-52(25-19-46)76(56-30-32-66-60(40-56)58-14-10-12-16-64(58)74(66,6)7)54-28-22-48-36-62-68(38-50(48)34-54)78-70-42-71-73(45(5)72(62)70)63-37-49-23-29-55(35-51(49)39-69(63)79-71)77(53-26-20-47(21-27-53)44(3)4)57-31-33-67-61(41-57)59-15-11-13-17-65(59)75(67,8)9/h10-44H,1-9H3. The van der Waals surface area contributed by atoms with E-state index in [2.05, 4.69) is 272 Å². The molecular formula is C75H62N2O2. The van der Waals surface area contributed by atoms with Crippen LogP contribution in [0.15, 0.2) is 209 Å². The molecule has 0 N–H and O–H groups in total. The summed E-state index contributed by atoms with van der Waals surface area (Å²) in [7, 11) is 0. The van der Waals surface area contributed by atoms with Gasteiger partial charge in [0.25, 0.3) is 0 Å². The Hall–Kier alpha value is -8.86. The zero-order chi connectivity index (χ0) is 53.8. The van der Waals surface area contributed by atoms with E-state index in [1.165, 1.54) is 55.6 Å². The van der Waals surface area contributed by atoms with Gasteiger partial charge in [-0.25, -0.2) is 0 Å². The molecule has 15 rings (SSSR count). The van der Waals surface area contributed by atoms with Gasteiger partial charge >= 0.3 is 0 Å². The van der Waals surface area contributed by atoms with Gasteiger partial charge in [-0.3, -0.25) is 0 Å². The SMILES string of the molecule is Cc1c2c(cc3oc4cc5cc(N(c6ccc(C(C)C)cc6)c6ccc7c(c6)-c6ccccc6C7(C)C)ccc5cc4c13)oc1cc3cc(N(c4ccc(C(C)C)cc4)c4ccc5c(c4)-c4ccccc4C5(C)C)ccc3cc12. The third kappa shape index (κ3) is 7.13. The molecule has 0 atom stereocenters. The number of rotatable bonds is 8. The van der Waals surface area contributed by atoms with Crippen molar-refractivity contribution in [1.29, 1.82) is 0 Å². The normalized spacial score (nSPS) is 14.1. The molecule has 79 heavy (non-hydrogen) atoms. The Bertz CT molecular complexity index is 4380. The van der Waals surface area contributed by atoms with Crippen LogP contribution in [0.25, 0.3) is 87.7 Å². The summed E-state index contributed by atoms with van der Waals surface area (Å²) >= 11 is 0. The Morgan fingerprint density at radius 3 is 1.11 bits per heavy atom. The van der Waals surface area contributed by atoms with Crippen molar-refractivity contribution in [2.45, 2.75) is 85.0 Å². The molecule has 2 aromatic heterocycles. The second-order valence-corrected chi connectivity index (χ2v) is 24.2. The fourth-order valence-corrected chi connectivity index (χ4v) is 13.8. The maximum Gasteiger partial charge on any atom is 0.139 e. The zero-order valence-electron chi connectivity index (χ0n) is 46.4. The number of furan rings is 2. The van der Waals surface area contributed by atoms with Crippen molar-refractivity contribution in [3.63, 3.8) is 0 Å². The first kappa shape index (κ1) is 47.4. The second kappa shape index (κ2) is 17.1. The van der Waals surface area contributed by atoms with Gasteiger partial charge in [-0.1, -0.05) is 152 Å². The molecule has 384 valence electrons. The Morgan fingerprint density at radius 2 is 0.696 bits per heavy atom. The summed E-state index contributed by atoms with van der Waals surface area (Å²) < 4.78 is 13.7. The van der Waals surface area contributed by atoms with E-state index in [4.69, 9.17) is 8.83 Å². The lowest BCUT2D eigenvalue weighted by Crippen LogP contribution is -2.15. The van der Waals surface area contributed by atoms with E-state index in [1.807, 2.05) is 0 Å². The molecule has 2 heterocycles. The minimum atomic E-state index is -0.0662. The maximum absolute atomic E-state index is 6.86. The number of benzene rings is 11. The van der Waals surface area contributed by atoms with Gasteiger partial charge in [-0.2, -0.15) is 0 Å². The summed E-state index contributed by atoms with van der Waals surface area (Å²) in [6, 6.07) is 75.0. The average molecular weight is 1020 g/mol. The number of nitrogens with zero attached hydrogens (tertiary/aromatic N) is 2. The first-order valence-corrected chi connectivity index (χ1v) is 28.2. The van der Waals surface area contributed by atoms with Gasteiger partial charge in [0.05, 0.1) is 0 Å². The number of aryl methyl sites for hydroxylation is 1. The summed E-state index contributed by atoms with van der Waals surface area (Å²) in [5, 5.41) is 9.03. The molecule has 4 nitrogen and oxygen atoms in total. The summed E-state index contributed by atoms with van der Waals surface area (Å²) in [5.74, 6) is 0.887. The van der Waals surface area contributed by atoms with Gasteiger partial charge < -0.3 is 18.6 Å². The monoisotopic (exact) mass is 1020 g/mol. The van der Waals surface area contributed by atoms with Crippen LogP contribution >= 0.6 is 0 Å². The smallest absolute Gasteiger partial charge is 0.139 e. The van der Waals surface area contributed by atoms with E-state index < -0.39 is 0 Å². The third-order valence-electron chi connectivity index (χ3n) is 18.1. The Kier molecular flexibility index (Phi) is 10.2. The fourth-order valence-electron chi connectivity index (χ4n) is 13.8. The van der Waals surface area contributed by atoms with E-state index in [9.17, 15) is 0 Å². The van der Waals surface area contributed by atoms with Crippen molar-refractivity contribution in [3.05, 3.63) is 239 Å². The molecule has 0 aliphatic heterocycles. The Balaban J connectivity index is 0.822. The highest BCUT2D eigenvalue weighted by Gasteiger charge is 2.37. The molecule has 0 fully saturated rings. The molecule has 0 saturated carbocycles. The van der Waals surface area contributed by atoms with Gasteiger partial charge in [-0.15, -0.1) is 0 Å². The van der Waals surface area contributed by atoms with Gasteiger partial charge in [0.15, 0.2) is 0 Å². The average Bonchev–Trinajstić information content (AvgIpc) is 4.34. The molecule has 11 aromatic carbocycles. The van der Waals surface area contributed by atoms with Crippen LogP contribution in [0.5, 0.6) is 0 Å². The Labute approximate surface area is 462 Å². The number of fused-ring (bicyclic) bond motifs is 14. The predicted molar refractivity (Wildman–Crippen MR) is 333 cm³/mol. The van der Waals surface area contributed by atoms with Crippen LogP contribution in [0.3, 0.4) is 0 Å². The molecule has 0 bridgehead atoms. The highest BCUT2D eigenvalue weighted by atomic mass is 16.3. The lowest BCUT2D eigenvalue weighted by atomic mass is 9.82. The predicted octanol–water partition coefficient (Wildman–Crippen LogP) is 21.9. The first-order valence-electron chi connectivity index (χ1n) is 28.2.